The number of hydrogen-bond acceptors (Lipinski definition) is 3. The minimum atomic E-state index is -1.85. The fourth-order valence-corrected chi connectivity index (χ4v) is 4.14. The molecule has 0 aromatic heterocycles. The van der Waals surface area contributed by atoms with Crippen molar-refractivity contribution in [1.82, 2.24) is 0 Å². The summed E-state index contributed by atoms with van der Waals surface area (Å²) < 4.78 is 11.4. The van der Waals surface area contributed by atoms with Crippen LogP contribution in [0, 0.1) is 0 Å². The normalized spacial score (nSPS) is 13.7. The maximum atomic E-state index is 11.7. The highest BCUT2D eigenvalue weighted by atomic mass is 28.4. The van der Waals surface area contributed by atoms with E-state index in [2.05, 4.69) is 40.8 Å². The molecule has 0 fully saturated rings. The molecule has 0 bridgehead atoms. The molecule has 0 aromatic carbocycles. The first kappa shape index (κ1) is 24.6. The van der Waals surface area contributed by atoms with E-state index in [1.165, 1.54) is 58.5 Å². The van der Waals surface area contributed by atoms with Gasteiger partial charge in [0.25, 0.3) is 0 Å². The van der Waals surface area contributed by atoms with Crippen LogP contribution >= 0.6 is 0 Å². The first-order valence-corrected chi connectivity index (χ1v) is 13.3. The molecule has 0 aliphatic rings. The molecule has 4 heteroatoms. The Hall–Kier alpha value is -0.353. The molecule has 0 aliphatic heterocycles. The van der Waals surface area contributed by atoms with Crippen molar-refractivity contribution >= 4 is 14.3 Å². The Morgan fingerprint density at radius 3 is 1.84 bits per heavy atom. The number of carbonyl (C=O) groups is 1. The molecule has 0 heterocycles. The minimum Gasteiger partial charge on any atom is -0.469 e. The van der Waals surface area contributed by atoms with Crippen molar-refractivity contribution in [2.24, 2.45) is 0 Å². The lowest BCUT2D eigenvalue weighted by molar-refractivity contribution is -0.142. The highest BCUT2D eigenvalue weighted by Crippen LogP contribution is 2.38. The predicted octanol–water partition coefficient (Wildman–Crippen LogP) is 6.86. The summed E-state index contributed by atoms with van der Waals surface area (Å²) in [7, 11) is -0.387. The van der Waals surface area contributed by atoms with E-state index in [1.807, 2.05) is 0 Å². The summed E-state index contributed by atoms with van der Waals surface area (Å²) in [6.07, 6.45) is 13.2. The van der Waals surface area contributed by atoms with Crippen molar-refractivity contribution in [3.05, 3.63) is 0 Å². The fourth-order valence-electron chi connectivity index (χ4n) is 2.75. The molecule has 25 heavy (non-hydrogen) atoms. The largest absolute Gasteiger partial charge is 0.469 e. The van der Waals surface area contributed by atoms with Gasteiger partial charge in [0.15, 0.2) is 8.32 Å². The first-order chi connectivity index (χ1) is 11.6. The third-order valence-corrected chi connectivity index (χ3v) is 10.1. The van der Waals surface area contributed by atoms with Crippen LogP contribution in [0.2, 0.25) is 18.1 Å². The lowest BCUT2D eigenvalue weighted by atomic mass is 10.0. The van der Waals surface area contributed by atoms with Gasteiger partial charge in [0.2, 0.25) is 0 Å². The van der Waals surface area contributed by atoms with Crippen molar-refractivity contribution in [2.75, 3.05) is 7.11 Å². The molecular formula is C21H44O3Si. The standard InChI is InChI=1S/C21H44O3Si/c1-8-9-10-11-12-13-14-15-16-17-19(18-20(22)23-5)24-25(6,7)21(2,3)4/h19H,8-18H2,1-7H3/t19-/m1/s1. The molecule has 0 spiro atoms. The zero-order valence-corrected chi connectivity index (χ0v) is 19.1. The second-order valence-electron chi connectivity index (χ2n) is 8.90. The molecule has 1 atom stereocenters. The van der Waals surface area contributed by atoms with E-state index in [4.69, 9.17) is 9.16 Å². The summed E-state index contributed by atoms with van der Waals surface area (Å²) in [5.41, 5.74) is 0. The van der Waals surface area contributed by atoms with E-state index < -0.39 is 8.32 Å². The van der Waals surface area contributed by atoms with Gasteiger partial charge in [-0.2, -0.15) is 0 Å². The van der Waals surface area contributed by atoms with Crippen molar-refractivity contribution in [3.8, 4) is 0 Å². The molecule has 3 nitrogen and oxygen atoms in total. The molecule has 0 N–H and O–H groups in total. The van der Waals surface area contributed by atoms with Crippen molar-refractivity contribution in [1.29, 1.82) is 0 Å². The second kappa shape index (κ2) is 12.9. The Balaban J connectivity index is 4.18. The van der Waals surface area contributed by atoms with Gasteiger partial charge in [-0.3, -0.25) is 4.79 Å². The van der Waals surface area contributed by atoms with E-state index in [0.717, 1.165) is 12.8 Å². The summed E-state index contributed by atoms with van der Waals surface area (Å²) in [6, 6.07) is 0. The lowest BCUT2D eigenvalue weighted by Gasteiger charge is -2.39. The smallest absolute Gasteiger partial charge is 0.308 e. The first-order valence-electron chi connectivity index (χ1n) is 10.4. The van der Waals surface area contributed by atoms with Gasteiger partial charge in [0.05, 0.1) is 19.6 Å². The number of ether oxygens (including phenoxy) is 1. The Morgan fingerprint density at radius 2 is 1.40 bits per heavy atom. The maximum absolute atomic E-state index is 11.7. The fraction of sp³-hybridized carbons (Fsp3) is 0.952. The number of esters is 1. The van der Waals surface area contributed by atoms with E-state index in [9.17, 15) is 4.79 Å². The van der Waals surface area contributed by atoms with Crippen LogP contribution in [0.1, 0.15) is 98.3 Å². The van der Waals surface area contributed by atoms with Crippen molar-refractivity contribution in [3.63, 3.8) is 0 Å². The van der Waals surface area contributed by atoms with Gasteiger partial charge in [0.1, 0.15) is 0 Å². The highest BCUT2D eigenvalue weighted by molar-refractivity contribution is 6.74. The number of rotatable bonds is 14. The van der Waals surface area contributed by atoms with Gasteiger partial charge < -0.3 is 9.16 Å². The van der Waals surface area contributed by atoms with Crippen molar-refractivity contribution < 1.29 is 14.0 Å². The van der Waals surface area contributed by atoms with Crippen LogP contribution < -0.4 is 0 Å². The zero-order valence-electron chi connectivity index (χ0n) is 18.1. The average Bonchev–Trinajstić information content (AvgIpc) is 2.51. The molecule has 0 saturated carbocycles. The maximum Gasteiger partial charge on any atom is 0.308 e. The average molecular weight is 373 g/mol. The molecule has 150 valence electrons. The van der Waals surface area contributed by atoms with Gasteiger partial charge in [-0.05, 0) is 24.6 Å². The van der Waals surface area contributed by atoms with Gasteiger partial charge in [0, 0.05) is 0 Å². The summed E-state index contributed by atoms with van der Waals surface area (Å²) >= 11 is 0. The Morgan fingerprint density at radius 1 is 0.920 bits per heavy atom. The molecule has 0 saturated heterocycles. The van der Waals surface area contributed by atoms with E-state index >= 15 is 0 Å². The van der Waals surface area contributed by atoms with E-state index in [-0.39, 0.29) is 17.1 Å². The number of carbonyl (C=O) groups excluding carboxylic acids is 1. The second-order valence-corrected chi connectivity index (χ2v) is 13.7. The lowest BCUT2D eigenvalue weighted by Crippen LogP contribution is -2.44. The molecule has 0 unspecified atom stereocenters. The summed E-state index contributed by atoms with van der Waals surface area (Å²) in [5.74, 6) is -0.153. The summed E-state index contributed by atoms with van der Waals surface area (Å²) in [5, 5.41) is 0.167. The van der Waals surface area contributed by atoms with Crippen LogP contribution in [0.5, 0.6) is 0 Å². The SMILES string of the molecule is CCCCCCCCCCC[C@H](CC(=O)OC)O[Si](C)(C)C(C)(C)C. The number of methoxy groups -OCH3 is 1. The zero-order chi connectivity index (χ0) is 19.3. The molecule has 0 aromatic rings. The third kappa shape index (κ3) is 11.8. The highest BCUT2D eigenvalue weighted by Gasteiger charge is 2.39. The van der Waals surface area contributed by atoms with Gasteiger partial charge >= 0.3 is 5.97 Å². The van der Waals surface area contributed by atoms with Crippen LogP contribution in [0.3, 0.4) is 0 Å². The van der Waals surface area contributed by atoms with E-state index in [1.54, 1.807) is 0 Å². The molecular weight excluding hydrogens is 328 g/mol. The van der Waals surface area contributed by atoms with Crippen molar-refractivity contribution in [2.45, 2.75) is 123 Å². The minimum absolute atomic E-state index is 0.0119. The summed E-state index contributed by atoms with van der Waals surface area (Å²) in [4.78, 5) is 11.7. The predicted molar refractivity (Wildman–Crippen MR) is 111 cm³/mol. The summed E-state index contributed by atoms with van der Waals surface area (Å²) in [6.45, 7) is 13.5. The molecule has 0 rings (SSSR count). The van der Waals surface area contributed by atoms with E-state index in [0.29, 0.717) is 6.42 Å². The topological polar surface area (TPSA) is 35.5 Å². The number of unbranched alkanes of at least 4 members (excludes halogenated alkanes) is 8. The number of hydrogen-bond donors (Lipinski definition) is 0. The monoisotopic (exact) mass is 372 g/mol. The van der Waals surface area contributed by atoms with Crippen LogP contribution in [-0.4, -0.2) is 27.5 Å². The van der Waals surface area contributed by atoms with Gasteiger partial charge in [-0.15, -0.1) is 0 Å². The Bertz CT molecular complexity index is 348. The molecule has 0 radical (unpaired) electrons. The van der Waals surface area contributed by atoms with Crippen LogP contribution in [0.25, 0.3) is 0 Å². The van der Waals surface area contributed by atoms with Gasteiger partial charge in [-0.25, -0.2) is 0 Å². The van der Waals surface area contributed by atoms with Crippen LogP contribution in [0.4, 0.5) is 0 Å². The van der Waals surface area contributed by atoms with Crippen LogP contribution in [0.15, 0.2) is 0 Å². The quantitative estimate of drug-likeness (QED) is 0.190. The Kier molecular flexibility index (Phi) is 12.7. The molecule has 0 aliphatic carbocycles. The Labute approximate surface area is 158 Å². The van der Waals surface area contributed by atoms with Gasteiger partial charge in [-0.1, -0.05) is 85.5 Å². The molecule has 0 amide bonds. The third-order valence-electron chi connectivity index (χ3n) is 5.52. The van der Waals surface area contributed by atoms with Crippen LogP contribution in [-0.2, 0) is 14.0 Å².